The predicted molar refractivity (Wildman–Crippen MR) is 222 cm³/mol. The summed E-state index contributed by atoms with van der Waals surface area (Å²) in [6, 6.07) is 27.7. The van der Waals surface area contributed by atoms with Gasteiger partial charge in [0.1, 0.15) is 34.7 Å². The maximum Gasteiger partial charge on any atom is 0.229 e. The first kappa shape index (κ1) is 42.7. The average Bonchev–Trinajstić information content (AvgIpc) is 3.26. The standard InChI is InChI=1S/3C13H16N4O2/c3*1-19-11-4-2-10(3-5-11)16-13-15-7-6-12(17-13)14-8-9-18/h3*2-7,18H,8-9H2,1H3,(H2,14,15,16,17). The van der Waals surface area contributed by atoms with Crippen LogP contribution in [-0.4, -0.2) is 106 Å². The molecule has 0 atom stereocenters. The fourth-order valence-corrected chi connectivity index (χ4v) is 4.51. The first-order valence-electron chi connectivity index (χ1n) is 17.7. The van der Waals surface area contributed by atoms with Gasteiger partial charge in [0, 0.05) is 55.3 Å². The molecule has 3 aromatic heterocycles. The molecule has 300 valence electrons. The lowest BCUT2D eigenvalue weighted by atomic mass is 10.3. The van der Waals surface area contributed by atoms with Gasteiger partial charge < -0.3 is 61.4 Å². The molecule has 0 aliphatic carbocycles. The van der Waals surface area contributed by atoms with Crippen LogP contribution in [-0.2, 0) is 0 Å². The van der Waals surface area contributed by atoms with Crippen molar-refractivity contribution in [1.82, 2.24) is 29.9 Å². The third-order valence-corrected chi connectivity index (χ3v) is 7.26. The number of benzene rings is 3. The van der Waals surface area contributed by atoms with E-state index < -0.39 is 0 Å². The molecule has 0 saturated carbocycles. The second-order valence-electron chi connectivity index (χ2n) is 11.3. The number of hydrogen-bond acceptors (Lipinski definition) is 18. The van der Waals surface area contributed by atoms with Crippen LogP contribution in [0.5, 0.6) is 17.2 Å². The number of nitrogens with zero attached hydrogens (tertiary/aromatic N) is 6. The van der Waals surface area contributed by atoms with Gasteiger partial charge in [0.2, 0.25) is 17.8 Å². The maximum absolute atomic E-state index is 8.75. The smallest absolute Gasteiger partial charge is 0.229 e. The van der Waals surface area contributed by atoms with Gasteiger partial charge in [0.15, 0.2) is 0 Å². The van der Waals surface area contributed by atoms with Crippen molar-refractivity contribution < 1.29 is 29.5 Å². The van der Waals surface area contributed by atoms with Gasteiger partial charge in [-0.3, -0.25) is 0 Å². The van der Waals surface area contributed by atoms with Gasteiger partial charge in [0.05, 0.1) is 41.2 Å². The Balaban J connectivity index is 0.000000189. The fraction of sp³-hybridized carbons (Fsp3) is 0.231. The second kappa shape index (κ2) is 24.4. The van der Waals surface area contributed by atoms with Crippen LogP contribution in [0, 0.1) is 0 Å². The van der Waals surface area contributed by atoms with E-state index in [2.05, 4.69) is 61.8 Å². The van der Waals surface area contributed by atoms with Crippen LogP contribution in [0.15, 0.2) is 110 Å². The van der Waals surface area contributed by atoms with Crippen molar-refractivity contribution >= 4 is 52.4 Å². The lowest BCUT2D eigenvalue weighted by Crippen LogP contribution is -2.08. The number of methoxy groups -OCH3 is 3. The van der Waals surface area contributed by atoms with E-state index >= 15 is 0 Å². The van der Waals surface area contributed by atoms with Gasteiger partial charge in [-0.1, -0.05) is 0 Å². The molecule has 0 unspecified atom stereocenters. The van der Waals surface area contributed by atoms with Crippen LogP contribution in [0.1, 0.15) is 0 Å². The Morgan fingerprint density at radius 1 is 0.404 bits per heavy atom. The van der Waals surface area contributed by atoms with E-state index in [1.54, 1.807) is 58.1 Å². The first-order chi connectivity index (χ1) is 27.9. The van der Waals surface area contributed by atoms with Crippen LogP contribution in [0.3, 0.4) is 0 Å². The third-order valence-electron chi connectivity index (χ3n) is 7.26. The monoisotopic (exact) mass is 780 g/mol. The van der Waals surface area contributed by atoms with Gasteiger partial charge in [-0.05, 0) is 91.0 Å². The van der Waals surface area contributed by atoms with E-state index in [1.807, 2.05) is 72.8 Å². The predicted octanol–water partition coefficient (Wildman–Crippen LogP) is 4.90. The Labute approximate surface area is 330 Å². The number of rotatable bonds is 18. The highest BCUT2D eigenvalue weighted by molar-refractivity contribution is 5.58. The number of aliphatic hydroxyl groups excluding tert-OH is 3. The highest BCUT2D eigenvalue weighted by atomic mass is 16.5. The molecule has 0 saturated heterocycles. The van der Waals surface area contributed by atoms with E-state index in [1.165, 1.54) is 0 Å². The van der Waals surface area contributed by atoms with Crippen molar-refractivity contribution in [3.8, 4) is 17.2 Å². The van der Waals surface area contributed by atoms with Crippen LogP contribution in [0.4, 0.5) is 52.4 Å². The Kier molecular flexibility index (Phi) is 18.3. The zero-order valence-electron chi connectivity index (χ0n) is 31.9. The van der Waals surface area contributed by atoms with E-state index in [0.29, 0.717) is 54.9 Å². The Bertz CT molecular complexity index is 1780. The molecule has 9 N–H and O–H groups in total. The summed E-state index contributed by atoms with van der Waals surface area (Å²) in [5, 5.41) is 44.5. The lowest BCUT2D eigenvalue weighted by molar-refractivity contribution is 0.310. The summed E-state index contributed by atoms with van der Waals surface area (Å²) >= 11 is 0. The van der Waals surface area contributed by atoms with E-state index in [0.717, 1.165) is 34.3 Å². The minimum atomic E-state index is 0.0608. The summed E-state index contributed by atoms with van der Waals surface area (Å²) in [5.41, 5.74) is 2.63. The van der Waals surface area contributed by atoms with Gasteiger partial charge in [-0.2, -0.15) is 15.0 Å². The summed E-state index contributed by atoms with van der Waals surface area (Å²) in [7, 11) is 4.88. The molecule has 3 heterocycles. The minimum absolute atomic E-state index is 0.0608. The summed E-state index contributed by atoms with van der Waals surface area (Å²) in [4.78, 5) is 25.2. The molecule has 0 spiro atoms. The van der Waals surface area contributed by atoms with Crippen LogP contribution in [0.25, 0.3) is 0 Å². The molecule has 0 fully saturated rings. The van der Waals surface area contributed by atoms with Crippen LogP contribution in [0.2, 0.25) is 0 Å². The molecule has 18 heteroatoms. The highest BCUT2D eigenvalue weighted by Gasteiger charge is 2.03. The third kappa shape index (κ3) is 15.7. The number of anilines is 9. The van der Waals surface area contributed by atoms with Gasteiger partial charge in [-0.15, -0.1) is 0 Å². The van der Waals surface area contributed by atoms with Crippen molar-refractivity contribution in [2.45, 2.75) is 0 Å². The minimum Gasteiger partial charge on any atom is -0.497 e. The maximum atomic E-state index is 8.75. The number of ether oxygens (including phenoxy) is 3. The lowest BCUT2D eigenvalue weighted by Gasteiger charge is -2.08. The van der Waals surface area contributed by atoms with Gasteiger partial charge in [0.25, 0.3) is 0 Å². The second-order valence-corrected chi connectivity index (χ2v) is 11.3. The molecule has 0 radical (unpaired) electrons. The van der Waals surface area contributed by atoms with Crippen LogP contribution < -0.4 is 46.1 Å². The fourth-order valence-electron chi connectivity index (χ4n) is 4.51. The molecule has 6 rings (SSSR count). The largest absolute Gasteiger partial charge is 0.497 e. The average molecular weight is 781 g/mol. The molecule has 0 aliphatic rings. The number of aliphatic hydroxyl groups is 3. The quantitative estimate of drug-likeness (QED) is 0.0564. The molecule has 18 nitrogen and oxygen atoms in total. The van der Waals surface area contributed by atoms with E-state index in [-0.39, 0.29) is 19.8 Å². The van der Waals surface area contributed by atoms with Crippen molar-refractivity contribution in [3.63, 3.8) is 0 Å². The summed E-state index contributed by atoms with van der Waals surface area (Å²) in [5.74, 6) is 5.87. The summed E-state index contributed by atoms with van der Waals surface area (Å²) in [6.07, 6.45) is 4.95. The molecule has 3 aromatic carbocycles. The number of hydrogen-bond donors (Lipinski definition) is 9. The summed E-state index contributed by atoms with van der Waals surface area (Å²) < 4.78 is 15.3. The van der Waals surface area contributed by atoms with E-state index in [4.69, 9.17) is 29.5 Å². The Hall–Kier alpha value is -7.02. The number of aromatic nitrogens is 6. The molecular weight excluding hydrogens is 733 g/mol. The summed E-state index contributed by atoms with van der Waals surface area (Å²) in [6.45, 7) is 1.55. The molecule has 0 amide bonds. The SMILES string of the molecule is COc1ccc(Nc2nccc(NCCO)n2)cc1.COc1ccc(Nc2nccc(NCCO)n2)cc1.COc1ccc(Nc2nccc(NCCO)n2)cc1. The first-order valence-corrected chi connectivity index (χ1v) is 17.7. The molecular formula is C39H48N12O6. The molecule has 0 aliphatic heterocycles. The highest BCUT2D eigenvalue weighted by Crippen LogP contribution is 2.21. The zero-order chi connectivity index (χ0) is 40.5. The molecule has 6 aromatic rings. The topological polar surface area (TPSA) is 238 Å². The van der Waals surface area contributed by atoms with Crippen molar-refractivity contribution in [2.24, 2.45) is 0 Å². The Morgan fingerprint density at radius 3 is 0.895 bits per heavy atom. The molecule has 0 bridgehead atoms. The van der Waals surface area contributed by atoms with Crippen molar-refractivity contribution in [1.29, 1.82) is 0 Å². The zero-order valence-corrected chi connectivity index (χ0v) is 31.9. The number of nitrogens with one attached hydrogen (secondary N) is 6. The molecule has 57 heavy (non-hydrogen) atoms. The van der Waals surface area contributed by atoms with Gasteiger partial charge >= 0.3 is 0 Å². The van der Waals surface area contributed by atoms with Gasteiger partial charge in [-0.25, -0.2) is 15.0 Å². The Morgan fingerprint density at radius 2 is 0.667 bits per heavy atom. The van der Waals surface area contributed by atoms with E-state index in [9.17, 15) is 0 Å². The van der Waals surface area contributed by atoms with Crippen molar-refractivity contribution in [3.05, 3.63) is 110 Å². The normalized spacial score (nSPS) is 10.0. The van der Waals surface area contributed by atoms with Crippen LogP contribution >= 0.6 is 0 Å². The van der Waals surface area contributed by atoms with Crippen molar-refractivity contribution in [2.75, 3.05) is 92.7 Å².